The van der Waals surface area contributed by atoms with Gasteiger partial charge in [-0.2, -0.15) is 0 Å². The maximum absolute atomic E-state index is 13.0. The lowest BCUT2D eigenvalue weighted by molar-refractivity contribution is -0.122. The first-order chi connectivity index (χ1) is 14.0. The monoisotopic (exact) mass is 450 g/mol. The van der Waals surface area contributed by atoms with Crippen LogP contribution in [0.3, 0.4) is 0 Å². The first-order valence-corrected chi connectivity index (χ1v) is 10.5. The maximum atomic E-state index is 13.0. The van der Waals surface area contributed by atoms with Gasteiger partial charge in [-0.15, -0.1) is 0 Å². The molecule has 0 N–H and O–H groups in total. The second-order valence-electron chi connectivity index (χ2n) is 6.18. The van der Waals surface area contributed by atoms with Gasteiger partial charge in [0.05, 0.1) is 22.7 Å². The van der Waals surface area contributed by atoms with Gasteiger partial charge in [-0.3, -0.25) is 9.69 Å². The number of carbonyl (C=O) groups is 1. The minimum atomic E-state index is -0.0839. The highest BCUT2D eigenvalue weighted by Gasteiger charge is 2.33. The molecule has 0 bridgehead atoms. The summed E-state index contributed by atoms with van der Waals surface area (Å²) in [6, 6.07) is 12.6. The van der Waals surface area contributed by atoms with E-state index in [1.165, 1.54) is 11.8 Å². The van der Waals surface area contributed by atoms with Gasteiger partial charge in [-0.1, -0.05) is 35.3 Å². The largest absolute Gasteiger partial charge is 0.495 e. The van der Waals surface area contributed by atoms with E-state index in [0.29, 0.717) is 51.1 Å². The molecule has 0 radical (unpaired) electrons. The first kappa shape index (κ1) is 21.7. The van der Waals surface area contributed by atoms with Crippen molar-refractivity contribution in [3.63, 3.8) is 0 Å². The Labute approximate surface area is 184 Å². The number of carbonyl (C=O) groups excluding carboxylic acids is 1. The van der Waals surface area contributed by atoms with Crippen LogP contribution in [0.25, 0.3) is 6.08 Å². The van der Waals surface area contributed by atoms with Crippen molar-refractivity contribution in [2.75, 3.05) is 27.4 Å². The van der Waals surface area contributed by atoms with Gasteiger partial charge in [-0.25, -0.2) is 4.99 Å². The smallest absolute Gasteiger partial charge is 0.266 e. The Morgan fingerprint density at radius 3 is 2.55 bits per heavy atom. The number of amides is 1. The van der Waals surface area contributed by atoms with E-state index >= 15 is 0 Å². The van der Waals surface area contributed by atoms with Gasteiger partial charge in [0, 0.05) is 25.3 Å². The molecule has 1 aliphatic heterocycles. The second kappa shape index (κ2) is 10.2. The van der Waals surface area contributed by atoms with Gasteiger partial charge in [0.2, 0.25) is 0 Å². The highest BCUT2D eigenvalue weighted by molar-refractivity contribution is 8.18. The molecule has 1 saturated heterocycles. The Kier molecular flexibility index (Phi) is 7.61. The molecule has 5 nitrogen and oxygen atoms in total. The molecule has 1 amide bonds. The summed E-state index contributed by atoms with van der Waals surface area (Å²) in [5.74, 6) is 0.491. The summed E-state index contributed by atoms with van der Waals surface area (Å²) in [5, 5.41) is 1.72. The molecule has 29 heavy (non-hydrogen) atoms. The van der Waals surface area contributed by atoms with Crippen molar-refractivity contribution in [2.45, 2.75) is 6.42 Å². The minimum Gasteiger partial charge on any atom is -0.495 e. The zero-order valence-corrected chi connectivity index (χ0v) is 18.4. The summed E-state index contributed by atoms with van der Waals surface area (Å²) in [7, 11) is 3.20. The quantitative estimate of drug-likeness (QED) is 0.404. The standard InChI is InChI=1S/C21H20Cl2N2O3S/c1-27-11-3-10-25-20(26)19(12-14-4-6-15(22)7-5-14)29-21(25)24-16-8-9-18(28-2)17(23)13-16/h4-9,12-13H,3,10-11H2,1-2H3/b19-12-,24-21?. The minimum absolute atomic E-state index is 0.0839. The number of halogens is 2. The van der Waals surface area contributed by atoms with Gasteiger partial charge < -0.3 is 9.47 Å². The molecule has 0 atom stereocenters. The number of hydrogen-bond donors (Lipinski definition) is 0. The summed E-state index contributed by atoms with van der Waals surface area (Å²) in [6.07, 6.45) is 2.55. The fourth-order valence-corrected chi connectivity index (χ4v) is 4.10. The zero-order valence-electron chi connectivity index (χ0n) is 16.0. The number of thioether (sulfide) groups is 1. The average molecular weight is 451 g/mol. The van der Waals surface area contributed by atoms with Gasteiger partial charge in [0.15, 0.2) is 5.17 Å². The van der Waals surface area contributed by atoms with Crippen molar-refractivity contribution in [1.82, 2.24) is 4.90 Å². The van der Waals surface area contributed by atoms with Crippen molar-refractivity contribution in [3.8, 4) is 5.75 Å². The number of hydrogen-bond acceptors (Lipinski definition) is 5. The zero-order chi connectivity index (χ0) is 20.8. The van der Waals surface area contributed by atoms with Crippen molar-refractivity contribution in [2.24, 2.45) is 4.99 Å². The summed E-state index contributed by atoms with van der Waals surface area (Å²) < 4.78 is 10.3. The lowest BCUT2D eigenvalue weighted by Gasteiger charge is -2.15. The third-order valence-electron chi connectivity index (χ3n) is 4.15. The number of benzene rings is 2. The van der Waals surface area contributed by atoms with Crippen LogP contribution in [0.4, 0.5) is 5.69 Å². The first-order valence-electron chi connectivity index (χ1n) is 8.90. The van der Waals surface area contributed by atoms with E-state index in [1.54, 1.807) is 49.5 Å². The molecule has 152 valence electrons. The number of amidine groups is 1. The lowest BCUT2D eigenvalue weighted by Crippen LogP contribution is -2.30. The molecular weight excluding hydrogens is 431 g/mol. The van der Waals surface area contributed by atoms with Crippen LogP contribution in [0.5, 0.6) is 5.75 Å². The normalized spacial score (nSPS) is 16.8. The molecule has 3 rings (SSSR count). The summed E-state index contributed by atoms with van der Waals surface area (Å²) in [4.78, 5) is 19.9. The number of rotatable bonds is 7. The van der Waals surface area contributed by atoms with Crippen molar-refractivity contribution in [3.05, 3.63) is 63.0 Å². The van der Waals surface area contributed by atoms with E-state index in [2.05, 4.69) is 4.99 Å². The summed E-state index contributed by atoms with van der Waals surface area (Å²) in [5.41, 5.74) is 1.55. The molecule has 0 spiro atoms. The Balaban J connectivity index is 1.91. The molecule has 0 aromatic heterocycles. The van der Waals surface area contributed by atoms with Gasteiger partial charge in [0.1, 0.15) is 5.75 Å². The predicted molar refractivity (Wildman–Crippen MR) is 120 cm³/mol. The Hall–Kier alpha value is -1.99. The molecule has 1 fully saturated rings. The molecule has 1 heterocycles. The maximum Gasteiger partial charge on any atom is 0.266 e. The third-order valence-corrected chi connectivity index (χ3v) is 5.70. The molecule has 2 aromatic carbocycles. The average Bonchev–Trinajstić information content (AvgIpc) is 2.99. The fraction of sp³-hybridized carbons (Fsp3) is 0.238. The summed E-state index contributed by atoms with van der Waals surface area (Å²) in [6.45, 7) is 1.08. The van der Waals surface area contributed by atoms with E-state index in [9.17, 15) is 4.79 Å². The van der Waals surface area contributed by atoms with Crippen LogP contribution in [0.1, 0.15) is 12.0 Å². The number of aliphatic imine (C=N–C) groups is 1. The van der Waals surface area contributed by atoms with Crippen LogP contribution < -0.4 is 4.74 Å². The second-order valence-corrected chi connectivity index (χ2v) is 8.03. The van der Waals surface area contributed by atoms with Crippen LogP contribution in [0.2, 0.25) is 10.0 Å². The summed E-state index contributed by atoms with van der Waals surface area (Å²) >= 11 is 13.5. The van der Waals surface area contributed by atoms with Gasteiger partial charge in [-0.05, 0) is 60.2 Å². The van der Waals surface area contributed by atoms with Crippen molar-refractivity contribution < 1.29 is 14.3 Å². The predicted octanol–water partition coefficient (Wildman–Crippen LogP) is 5.64. The van der Waals surface area contributed by atoms with Crippen LogP contribution in [0.15, 0.2) is 52.4 Å². The van der Waals surface area contributed by atoms with Crippen LogP contribution in [-0.2, 0) is 9.53 Å². The Morgan fingerprint density at radius 1 is 1.14 bits per heavy atom. The van der Waals surface area contributed by atoms with Crippen LogP contribution in [0, 0.1) is 0 Å². The molecule has 0 unspecified atom stereocenters. The van der Waals surface area contributed by atoms with E-state index in [4.69, 9.17) is 32.7 Å². The number of methoxy groups -OCH3 is 2. The highest BCUT2D eigenvalue weighted by atomic mass is 35.5. The molecule has 8 heteroatoms. The van der Waals surface area contributed by atoms with Gasteiger partial charge in [0.25, 0.3) is 5.91 Å². The third kappa shape index (κ3) is 5.54. The molecule has 2 aromatic rings. The topological polar surface area (TPSA) is 51.1 Å². The molecule has 1 aliphatic rings. The van der Waals surface area contributed by atoms with E-state index in [1.807, 2.05) is 18.2 Å². The van der Waals surface area contributed by atoms with E-state index < -0.39 is 0 Å². The molecule has 0 aliphatic carbocycles. The van der Waals surface area contributed by atoms with Gasteiger partial charge >= 0.3 is 0 Å². The Bertz CT molecular complexity index is 945. The van der Waals surface area contributed by atoms with Crippen molar-refractivity contribution in [1.29, 1.82) is 0 Å². The van der Waals surface area contributed by atoms with Crippen LogP contribution in [-0.4, -0.2) is 43.3 Å². The van der Waals surface area contributed by atoms with E-state index in [0.717, 1.165) is 5.56 Å². The fourth-order valence-electron chi connectivity index (χ4n) is 2.70. The number of ether oxygens (including phenoxy) is 2. The van der Waals surface area contributed by atoms with Crippen LogP contribution >= 0.6 is 35.0 Å². The number of nitrogens with zero attached hydrogens (tertiary/aromatic N) is 2. The highest BCUT2D eigenvalue weighted by Crippen LogP contribution is 2.36. The Morgan fingerprint density at radius 2 is 1.90 bits per heavy atom. The SMILES string of the molecule is COCCCN1C(=O)/C(=C/c2ccc(Cl)cc2)SC1=Nc1ccc(OC)c(Cl)c1. The lowest BCUT2D eigenvalue weighted by atomic mass is 10.2. The molecule has 0 saturated carbocycles. The van der Waals surface area contributed by atoms with Crippen molar-refractivity contribution >= 4 is 57.8 Å². The van der Waals surface area contributed by atoms with E-state index in [-0.39, 0.29) is 5.91 Å². The molecular formula is C21H20Cl2N2O3S.